The molecule has 0 bridgehead atoms. The van der Waals surface area contributed by atoms with E-state index in [0.29, 0.717) is 39.9 Å². The van der Waals surface area contributed by atoms with Crippen molar-refractivity contribution in [1.82, 2.24) is 29.2 Å². The number of nitrogens with one attached hydrogen (secondary N) is 2. The number of hydrogen-bond acceptors (Lipinski definition) is 9. The Balaban J connectivity index is 1.22. The number of rotatable bonds is 10. The SMILES string of the molecule is CNc1nc(Oc2ccc(NC(=O)c3cccn(-c4ccc(F)cc4)c3=O)cc2)c2c(-c3cccc(CN(C)C)c3)c(-c3cnn(C)c3)oc2n1. The van der Waals surface area contributed by atoms with Gasteiger partial charge in [0.05, 0.1) is 11.8 Å². The molecular formula is C38H33FN8O4. The molecule has 12 nitrogen and oxygen atoms in total. The molecule has 3 aromatic carbocycles. The van der Waals surface area contributed by atoms with Crippen LogP contribution in [0, 0.1) is 5.82 Å². The lowest BCUT2D eigenvalue weighted by Crippen LogP contribution is -2.27. The highest BCUT2D eigenvalue weighted by molar-refractivity contribution is 6.04. The van der Waals surface area contributed by atoms with Crippen LogP contribution in [0.4, 0.5) is 16.0 Å². The molecule has 256 valence electrons. The summed E-state index contributed by atoms with van der Waals surface area (Å²) in [7, 11) is 7.59. The molecule has 2 N–H and O–H groups in total. The fourth-order valence-electron chi connectivity index (χ4n) is 5.75. The van der Waals surface area contributed by atoms with Crippen LogP contribution >= 0.6 is 0 Å². The molecule has 0 fully saturated rings. The van der Waals surface area contributed by atoms with E-state index in [9.17, 15) is 14.0 Å². The molecule has 0 saturated carbocycles. The van der Waals surface area contributed by atoms with Crippen molar-refractivity contribution in [3.05, 3.63) is 131 Å². The van der Waals surface area contributed by atoms with Crippen LogP contribution in [0.15, 0.2) is 113 Å². The van der Waals surface area contributed by atoms with Crippen LogP contribution in [-0.2, 0) is 13.6 Å². The molecule has 4 aromatic heterocycles. The first-order chi connectivity index (χ1) is 24.7. The van der Waals surface area contributed by atoms with Crippen molar-refractivity contribution >= 4 is 28.6 Å². The second-order valence-corrected chi connectivity index (χ2v) is 12.1. The van der Waals surface area contributed by atoms with Gasteiger partial charge in [-0.05, 0) is 92.0 Å². The molecule has 0 unspecified atom stereocenters. The normalized spacial score (nSPS) is 11.3. The standard InChI is InChI=1S/C38H33FN8O4/c1-40-38-43-35(32-31(24-8-5-7-23(19-24)21-45(2)3)33(51-36(32)44-38)25-20-41-46(4)22-25)50-29-16-12-27(13-17-29)42-34(48)30-9-6-18-47(37(30)49)28-14-10-26(39)11-15-28/h5-20,22H,21H2,1-4H3,(H,42,48)(H,40,43,44). The second-order valence-electron chi connectivity index (χ2n) is 12.1. The van der Waals surface area contributed by atoms with E-state index in [0.717, 1.165) is 28.8 Å². The van der Waals surface area contributed by atoms with Gasteiger partial charge in [-0.3, -0.25) is 18.8 Å². The maximum Gasteiger partial charge on any atom is 0.267 e. The van der Waals surface area contributed by atoms with Gasteiger partial charge < -0.3 is 24.7 Å². The van der Waals surface area contributed by atoms with Gasteiger partial charge in [-0.15, -0.1) is 0 Å². The van der Waals surface area contributed by atoms with Crippen LogP contribution in [0.5, 0.6) is 11.6 Å². The summed E-state index contributed by atoms with van der Waals surface area (Å²) in [5.74, 6) is 0.553. The number of furan rings is 1. The first-order valence-electron chi connectivity index (χ1n) is 16.0. The van der Waals surface area contributed by atoms with E-state index >= 15 is 0 Å². The second kappa shape index (κ2) is 13.7. The molecular weight excluding hydrogens is 651 g/mol. The Morgan fingerprint density at radius 1 is 0.980 bits per heavy atom. The Morgan fingerprint density at radius 2 is 1.76 bits per heavy atom. The van der Waals surface area contributed by atoms with Gasteiger partial charge in [-0.2, -0.15) is 15.1 Å². The number of hydrogen-bond donors (Lipinski definition) is 2. The third-order valence-corrected chi connectivity index (χ3v) is 8.05. The Labute approximate surface area is 291 Å². The van der Waals surface area contributed by atoms with Gasteiger partial charge in [0.2, 0.25) is 17.5 Å². The molecule has 13 heteroatoms. The number of carbonyl (C=O) groups is 1. The van der Waals surface area contributed by atoms with Crippen molar-refractivity contribution < 1.29 is 18.3 Å². The summed E-state index contributed by atoms with van der Waals surface area (Å²) in [6.45, 7) is 0.743. The Kier molecular flexibility index (Phi) is 8.86. The number of amides is 1. The van der Waals surface area contributed by atoms with Crippen molar-refractivity contribution in [2.24, 2.45) is 7.05 Å². The Hall–Kier alpha value is -6.60. The summed E-state index contributed by atoms with van der Waals surface area (Å²) in [6.07, 6.45) is 5.13. The van der Waals surface area contributed by atoms with Crippen LogP contribution in [0.2, 0.25) is 0 Å². The van der Waals surface area contributed by atoms with Crippen molar-refractivity contribution in [2.75, 3.05) is 31.8 Å². The number of fused-ring (bicyclic) bond motifs is 1. The van der Waals surface area contributed by atoms with Crippen LogP contribution < -0.4 is 20.9 Å². The molecule has 51 heavy (non-hydrogen) atoms. The van der Waals surface area contributed by atoms with E-state index in [-0.39, 0.29) is 11.4 Å². The predicted octanol–water partition coefficient (Wildman–Crippen LogP) is 6.73. The van der Waals surface area contributed by atoms with E-state index in [1.165, 1.54) is 41.1 Å². The van der Waals surface area contributed by atoms with Crippen molar-refractivity contribution in [3.8, 4) is 39.8 Å². The van der Waals surface area contributed by atoms with Crippen LogP contribution in [0.25, 0.3) is 39.2 Å². The van der Waals surface area contributed by atoms with Gasteiger partial charge in [0.15, 0.2) is 0 Å². The highest BCUT2D eigenvalue weighted by Crippen LogP contribution is 2.45. The monoisotopic (exact) mass is 684 g/mol. The van der Waals surface area contributed by atoms with Gasteiger partial charge in [0.25, 0.3) is 11.5 Å². The molecule has 0 aliphatic heterocycles. The zero-order valence-corrected chi connectivity index (χ0v) is 28.2. The third kappa shape index (κ3) is 6.82. The molecule has 0 aliphatic rings. The van der Waals surface area contributed by atoms with Gasteiger partial charge >= 0.3 is 0 Å². The highest BCUT2D eigenvalue weighted by atomic mass is 19.1. The molecule has 0 aliphatic carbocycles. The highest BCUT2D eigenvalue weighted by Gasteiger charge is 2.26. The molecule has 1 amide bonds. The van der Waals surface area contributed by atoms with Gasteiger partial charge in [-0.1, -0.05) is 18.2 Å². The largest absolute Gasteiger partial charge is 0.438 e. The summed E-state index contributed by atoms with van der Waals surface area (Å²) in [6, 6.07) is 23.3. The summed E-state index contributed by atoms with van der Waals surface area (Å²) >= 11 is 0. The maximum absolute atomic E-state index is 13.4. The number of aromatic nitrogens is 5. The van der Waals surface area contributed by atoms with E-state index in [1.54, 1.807) is 48.3 Å². The van der Waals surface area contributed by atoms with Crippen LogP contribution in [0.1, 0.15) is 15.9 Å². The third-order valence-electron chi connectivity index (χ3n) is 8.05. The number of halogens is 1. The maximum atomic E-state index is 13.4. The average Bonchev–Trinajstić information content (AvgIpc) is 3.73. The first-order valence-corrected chi connectivity index (χ1v) is 16.0. The smallest absolute Gasteiger partial charge is 0.267 e. The van der Waals surface area contributed by atoms with E-state index in [1.807, 2.05) is 39.5 Å². The fraction of sp³-hybridized carbons (Fsp3) is 0.132. The topological polar surface area (TPSA) is 132 Å². The molecule has 0 radical (unpaired) electrons. The Morgan fingerprint density at radius 3 is 2.47 bits per heavy atom. The molecule has 4 heterocycles. The van der Waals surface area contributed by atoms with E-state index < -0.39 is 17.3 Å². The molecule has 7 rings (SSSR count). The van der Waals surface area contributed by atoms with E-state index in [4.69, 9.17) is 9.15 Å². The van der Waals surface area contributed by atoms with Gasteiger partial charge in [-0.25, -0.2) is 4.39 Å². The lowest BCUT2D eigenvalue weighted by molar-refractivity contribution is 0.102. The number of benzene rings is 3. The van der Waals surface area contributed by atoms with Crippen molar-refractivity contribution in [3.63, 3.8) is 0 Å². The zero-order chi connectivity index (χ0) is 35.6. The summed E-state index contributed by atoms with van der Waals surface area (Å²) in [4.78, 5) is 37.7. The van der Waals surface area contributed by atoms with E-state index in [2.05, 4.69) is 42.7 Å². The fourth-order valence-corrected chi connectivity index (χ4v) is 5.75. The first kappa shape index (κ1) is 32.9. The summed E-state index contributed by atoms with van der Waals surface area (Å²) in [5.41, 5.74) is 4.13. The number of aryl methyl sites for hydroxylation is 1. The van der Waals surface area contributed by atoms with Crippen molar-refractivity contribution in [1.29, 1.82) is 0 Å². The minimum Gasteiger partial charge on any atom is -0.438 e. The summed E-state index contributed by atoms with van der Waals surface area (Å²) in [5, 5.41) is 10.7. The minimum atomic E-state index is -0.594. The lowest BCUT2D eigenvalue weighted by atomic mass is 9.99. The zero-order valence-electron chi connectivity index (χ0n) is 28.2. The molecule has 0 spiro atoms. The Bertz CT molecular complexity index is 2430. The molecule has 7 aromatic rings. The number of pyridine rings is 1. The van der Waals surface area contributed by atoms with Crippen LogP contribution in [-0.4, -0.2) is 56.3 Å². The average molecular weight is 685 g/mol. The van der Waals surface area contributed by atoms with Crippen molar-refractivity contribution in [2.45, 2.75) is 6.54 Å². The minimum absolute atomic E-state index is 0.0725. The lowest BCUT2D eigenvalue weighted by Gasteiger charge is -2.12. The predicted molar refractivity (Wildman–Crippen MR) is 193 cm³/mol. The number of carbonyl (C=O) groups excluding carboxylic acids is 1. The number of nitrogens with zero attached hydrogens (tertiary/aromatic N) is 6. The number of anilines is 2. The van der Waals surface area contributed by atoms with Crippen LogP contribution in [0.3, 0.4) is 0 Å². The molecule has 0 atom stereocenters. The van der Waals surface area contributed by atoms with Gasteiger partial charge in [0, 0.05) is 50.0 Å². The molecule has 0 saturated heterocycles. The van der Waals surface area contributed by atoms with Gasteiger partial charge in [0.1, 0.15) is 28.3 Å². The quantitative estimate of drug-likeness (QED) is 0.161. The summed E-state index contributed by atoms with van der Waals surface area (Å²) < 4.78 is 29.3. The number of ether oxygens (including phenoxy) is 1.